The van der Waals surface area contributed by atoms with Gasteiger partial charge in [0.15, 0.2) is 5.75 Å². The molecule has 27 heavy (non-hydrogen) atoms. The molecule has 0 atom stereocenters. The minimum atomic E-state index is -0.747. The third-order valence-corrected chi connectivity index (χ3v) is 5.00. The number of amidine groups is 1. The van der Waals surface area contributed by atoms with Crippen LogP contribution in [0.5, 0.6) is 11.5 Å². The first kappa shape index (κ1) is 17.5. The quantitative estimate of drug-likeness (QED) is 0.904. The van der Waals surface area contributed by atoms with Crippen molar-refractivity contribution >= 4 is 17.5 Å². The van der Waals surface area contributed by atoms with Gasteiger partial charge in [0.1, 0.15) is 17.3 Å². The van der Waals surface area contributed by atoms with Crippen LogP contribution in [-0.4, -0.2) is 59.4 Å². The summed E-state index contributed by atoms with van der Waals surface area (Å²) in [5, 5.41) is 8.89. The Hall–Kier alpha value is -2.86. The molecule has 2 heterocycles. The number of para-hydroxylation sites is 2. The fraction of sp³-hybridized carbons (Fsp3) is 0.333. The first-order chi connectivity index (χ1) is 13.1. The Morgan fingerprint density at radius 3 is 2.67 bits per heavy atom. The monoisotopic (exact) mass is 365 g/mol. The molecule has 2 aromatic rings. The van der Waals surface area contributed by atoms with E-state index in [1.165, 1.54) is 0 Å². The molecule has 0 radical (unpaired) electrons. The first-order valence-corrected chi connectivity index (χ1v) is 9.26. The fourth-order valence-electron chi connectivity index (χ4n) is 3.51. The second-order valence-corrected chi connectivity index (χ2v) is 6.98. The van der Waals surface area contributed by atoms with E-state index < -0.39 is 5.97 Å². The maximum atomic E-state index is 10.8. The van der Waals surface area contributed by atoms with Gasteiger partial charge in [-0.15, -0.1) is 0 Å². The highest BCUT2D eigenvalue weighted by molar-refractivity contribution is 6.04. The van der Waals surface area contributed by atoms with Crippen molar-refractivity contribution in [1.29, 1.82) is 0 Å². The number of carbonyl (C=O) groups is 1. The van der Waals surface area contributed by atoms with Crippen LogP contribution in [0.2, 0.25) is 0 Å². The van der Waals surface area contributed by atoms with Crippen molar-refractivity contribution in [2.24, 2.45) is 4.99 Å². The number of carboxylic acid groups (broad SMARTS) is 1. The minimum absolute atomic E-state index is 0.185. The van der Waals surface area contributed by atoms with Gasteiger partial charge in [-0.25, -0.2) is 4.99 Å². The highest BCUT2D eigenvalue weighted by Crippen LogP contribution is 2.38. The summed E-state index contributed by atoms with van der Waals surface area (Å²) in [5.41, 5.74) is 3.00. The molecular formula is C21H23N3O3. The number of rotatable bonds is 3. The standard InChI is InChI=1S/C21H23N3O3/c1-15-6-7-18-16(14-15)21(22-17-4-2-3-5-19(17)27-18)24-12-10-23(11-13-24)9-8-20(25)26/h2-7,14H,8-13H2,1H3,(H,25,26). The molecular weight excluding hydrogens is 342 g/mol. The summed E-state index contributed by atoms with van der Waals surface area (Å²) in [6.45, 7) is 5.95. The number of ether oxygens (including phenoxy) is 1. The molecule has 1 saturated heterocycles. The zero-order chi connectivity index (χ0) is 18.8. The molecule has 0 aromatic heterocycles. The van der Waals surface area contributed by atoms with E-state index in [2.05, 4.69) is 22.8 Å². The molecule has 0 spiro atoms. The largest absolute Gasteiger partial charge is 0.481 e. The number of benzene rings is 2. The van der Waals surface area contributed by atoms with Crippen LogP contribution in [0.15, 0.2) is 47.5 Å². The number of nitrogens with zero attached hydrogens (tertiary/aromatic N) is 3. The molecule has 1 fully saturated rings. The second-order valence-electron chi connectivity index (χ2n) is 6.98. The van der Waals surface area contributed by atoms with Gasteiger partial charge < -0.3 is 14.7 Å². The van der Waals surface area contributed by atoms with Crippen molar-refractivity contribution in [3.8, 4) is 11.5 Å². The van der Waals surface area contributed by atoms with E-state index in [0.717, 1.165) is 60.3 Å². The number of hydrogen-bond donors (Lipinski definition) is 1. The average molecular weight is 365 g/mol. The number of piperazine rings is 1. The molecule has 1 N–H and O–H groups in total. The van der Waals surface area contributed by atoms with Crippen molar-refractivity contribution in [1.82, 2.24) is 9.80 Å². The maximum absolute atomic E-state index is 10.8. The minimum Gasteiger partial charge on any atom is -0.481 e. The van der Waals surface area contributed by atoms with E-state index >= 15 is 0 Å². The Balaban J connectivity index is 1.62. The van der Waals surface area contributed by atoms with Gasteiger partial charge in [-0.1, -0.05) is 23.8 Å². The molecule has 0 unspecified atom stereocenters. The Labute approximate surface area is 158 Å². The summed E-state index contributed by atoms with van der Waals surface area (Å²) in [7, 11) is 0. The number of aliphatic carboxylic acids is 1. The number of aryl methyl sites for hydroxylation is 1. The Bertz CT molecular complexity index is 886. The van der Waals surface area contributed by atoms with Gasteiger partial charge >= 0.3 is 5.97 Å². The lowest BCUT2D eigenvalue weighted by Gasteiger charge is -2.36. The zero-order valence-corrected chi connectivity index (χ0v) is 15.4. The maximum Gasteiger partial charge on any atom is 0.304 e. The van der Waals surface area contributed by atoms with Crippen molar-refractivity contribution in [3.05, 3.63) is 53.6 Å². The highest BCUT2D eigenvalue weighted by Gasteiger charge is 2.26. The van der Waals surface area contributed by atoms with E-state index in [-0.39, 0.29) is 6.42 Å². The van der Waals surface area contributed by atoms with Crippen LogP contribution in [0.1, 0.15) is 17.5 Å². The Morgan fingerprint density at radius 1 is 1.11 bits per heavy atom. The summed E-state index contributed by atoms with van der Waals surface area (Å²) >= 11 is 0. The van der Waals surface area contributed by atoms with Crippen LogP contribution in [-0.2, 0) is 4.79 Å². The summed E-state index contributed by atoms with van der Waals surface area (Å²) < 4.78 is 6.15. The van der Waals surface area contributed by atoms with Gasteiger partial charge in [0.05, 0.1) is 12.0 Å². The van der Waals surface area contributed by atoms with E-state index in [4.69, 9.17) is 14.8 Å². The van der Waals surface area contributed by atoms with Crippen LogP contribution in [0.4, 0.5) is 5.69 Å². The van der Waals surface area contributed by atoms with Crippen LogP contribution < -0.4 is 4.74 Å². The second kappa shape index (κ2) is 7.40. The predicted molar refractivity (Wildman–Crippen MR) is 104 cm³/mol. The van der Waals surface area contributed by atoms with E-state index in [0.29, 0.717) is 6.54 Å². The summed E-state index contributed by atoms with van der Waals surface area (Å²) in [6, 6.07) is 14.0. The normalized spacial score (nSPS) is 16.6. The smallest absolute Gasteiger partial charge is 0.304 e. The molecule has 0 bridgehead atoms. The molecule has 0 aliphatic carbocycles. The fourth-order valence-corrected chi connectivity index (χ4v) is 3.51. The molecule has 0 amide bonds. The lowest BCUT2D eigenvalue weighted by atomic mass is 10.1. The number of aliphatic imine (C=N–C) groups is 1. The van der Waals surface area contributed by atoms with Crippen molar-refractivity contribution in [2.75, 3.05) is 32.7 Å². The van der Waals surface area contributed by atoms with Crippen LogP contribution in [0, 0.1) is 6.92 Å². The van der Waals surface area contributed by atoms with Crippen molar-refractivity contribution in [2.45, 2.75) is 13.3 Å². The summed E-state index contributed by atoms with van der Waals surface area (Å²) in [5.74, 6) is 1.76. The van der Waals surface area contributed by atoms with Crippen molar-refractivity contribution in [3.63, 3.8) is 0 Å². The zero-order valence-electron chi connectivity index (χ0n) is 15.4. The molecule has 140 valence electrons. The van der Waals surface area contributed by atoms with Crippen LogP contribution >= 0.6 is 0 Å². The Kier molecular flexibility index (Phi) is 4.81. The number of fused-ring (bicyclic) bond motifs is 2. The third-order valence-electron chi connectivity index (χ3n) is 5.00. The molecule has 2 aromatic carbocycles. The van der Waals surface area contributed by atoms with Gasteiger partial charge in [0, 0.05) is 32.7 Å². The predicted octanol–water partition coefficient (Wildman–Crippen LogP) is 3.27. The number of hydrogen-bond acceptors (Lipinski definition) is 5. The van der Waals surface area contributed by atoms with Gasteiger partial charge in [0.25, 0.3) is 0 Å². The van der Waals surface area contributed by atoms with E-state index in [1.807, 2.05) is 36.4 Å². The summed E-state index contributed by atoms with van der Waals surface area (Å²) in [4.78, 5) is 20.2. The summed E-state index contributed by atoms with van der Waals surface area (Å²) in [6.07, 6.45) is 0.185. The molecule has 2 aliphatic heterocycles. The molecule has 6 heteroatoms. The van der Waals surface area contributed by atoms with Gasteiger partial charge in [0.2, 0.25) is 0 Å². The number of carboxylic acids is 1. The first-order valence-electron chi connectivity index (χ1n) is 9.26. The van der Waals surface area contributed by atoms with Crippen molar-refractivity contribution < 1.29 is 14.6 Å². The van der Waals surface area contributed by atoms with Crippen LogP contribution in [0.25, 0.3) is 0 Å². The highest BCUT2D eigenvalue weighted by atomic mass is 16.5. The molecule has 4 rings (SSSR count). The van der Waals surface area contributed by atoms with E-state index in [9.17, 15) is 4.79 Å². The lowest BCUT2D eigenvalue weighted by Crippen LogP contribution is -2.49. The lowest BCUT2D eigenvalue weighted by molar-refractivity contribution is -0.137. The van der Waals surface area contributed by atoms with E-state index in [1.54, 1.807) is 0 Å². The van der Waals surface area contributed by atoms with Crippen LogP contribution in [0.3, 0.4) is 0 Å². The van der Waals surface area contributed by atoms with Gasteiger partial charge in [-0.05, 0) is 31.2 Å². The Morgan fingerprint density at radius 2 is 1.89 bits per heavy atom. The topological polar surface area (TPSA) is 65.4 Å². The molecule has 0 saturated carbocycles. The van der Waals surface area contributed by atoms with Gasteiger partial charge in [-0.3, -0.25) is 9.69 Å². The molecule has 6 nitrogen and oxygen atoms in total. The van der Waals surface area contributed by atoms with Gasteiger partial charge in [-0.2, -0.15) is 0 Å². The average Bonchev–Trinajstić information content (AvgIpc) is 2.83. The third kappa shape index (κ3) is 3.80. The molecule has 2 aliphatic rings. The SMILES string of the molecule is Cc1ccc2c(c1)C(N1CCN(CCC(=O)O)CC1)=Nc1ccccc1O2.